The fraction of sp³-hybridized carbons (Fsp3) is 0.174. The average Bonchev–Trinajstić information content (AvgIpc) is 3.01. The summed E-state index contributed by atoms with van der Waals surface area (Å²) < 4.78 is 0. The number of carbonyl (C=O) groups is 1. The molecule has 2 aromatic heterocycles. The van der Waals surface area contributed by atoms with Gasteiger partial charge in [-0.3, -0.25) is 9.59 Å². The smallest absolute Gasteiger partial charge is 0.266 e. The summed E-state index contributed by atoms with van der Waals surface area (Å²) in [6, 6.07) is 13.7. The van der Waals surface area contributed by atoms with E-state index >= 15 is 0 Å². The molecule has 4 rings (SSSR count). The Morgan fingerprint density at radius 2 is 1.69 bits per heavy atom. The average molecular weight is 404 g/mol. The van der Waals surface area contributed by atoms with Crippen molar-refractivity contribution >= 4 is 33.1 Å². The highest BCUT2D eigenvalue weighted by atomic mass is 32.1. The predicted molar refractivity (Wildman–Crippen MR) is 119 cm³/mol. The third-order valence-electron chi connectivity index (χ3n) is 4.96. The maximum absolute atomic E-state index is 12.9. The van der Waals surface area contributed by atoms with Crippen LogP contribution in [0.4, 0.5) is 5.69 Å². The number of benzene rings is 2. The van der Waals surface area contributed by atoms with E-state index in [1.807, 2.05) is 63.2 Å². The Hall–Kier alpha value is -3.25. The first-order valence-corrected chi connectivity index (χ1v) is 10.1. The highest BCUT2D eigenvalue weighted by molar-refractivity contribution is 7.20. The molecule has 0 saturated heterocycles. The van der Waals surface area contributed by atoms with Crippen LogP contribution in [0.3, 0.4) is 0 Å². The van der Waals surface area contributed by atoms with Crippen molar-refractivity contribution in [2.45, 2.75) is 27.7 Å². The number of aryl methyl sites for hydroxylation is 4. The molecule has 1 amide bonds. The number of hydrogen-bond acceptors (Lipinski definition) is 4. The summed E-state index contributed by atoms with van der Waals surface area (Å²) in [6.07, 6.45) is 0. The SMILES string of the molecule is Cc1ccc(-c2nc3sc(C(=O)Nc4ccc(C)cc4C)c(C)c3c(=O)[nH]2)cc1. The fourth-order valence-corrected chi connectivity index (χ4v) is 4.42. The van der Waals surface area contributed by atoms with Gasteiger partial charge in [0, 0.05) is 11.3 Å². The third kappa shape index (κ3) is 3.59. The summed E-state index contributed by atoms with van der Waals surface area (Å²) >= 11 is 1.24. The second kappa shape index (κ2) is 7.29. The standard InChI is InChI=1S/C23H21N3O2S/c1-12-5-8-16(9-6-12)20-25-21(27)18-15(4)19(29-23(18)26-20)22(28)24-17-10-7-13(2)11-14(17)3/h5-11H,1-4H3,(H,24,28)(H,25,26,27). The Labute approximate surface area is 172 Å². The Morgan fingerprint density at radius 3 is 2.38 bits per heavy atom. The van der Waals surface area contributed by atoms with Crippen molar-refractivity contribution in [3.05, 3.63) is 79.9 Å². The maximum Gasteiger partial charge on any atom is 0.266 e. The molecular weight excluding hydrogens is 382 g/mol. The van der Waals surface area contributed by atoms with Crippen LogP contribution >= 0.6 is 11.3 Å². The van der Waals surface area contributed by atoms with Crippen molar-refractivity contribution in [2.75, 3.05) is 5.32 Å². The Kier molecular flexibility index (Phi) is 4.80. The minimum Gasteiger partial charge on any atom is -0.321 e. The van der Waals surface area contributed by atoms with E-state index in [1.54, 1.807) is 6.92 Å². The topological polar surface area (TPSA) is 74.8 Å². The van der Waals surface area contributed by atoms with Crippen LogP contribution in [0, 0.1) is 27.7 Å². The molecule has 0 bridgehead atoms. The predicted octanol–water partition coefficient (Wildman–Crippen LogP) is 5.14. The van der Waals surface area contributed by atoms with Gasteiger partial charge in [0.1, 0.15) is 10.7 Å². The van der Waals surface area contributed by atoms with Crippen LogP contribution in [0.5, 0.6) is 0 Å². The van der Waals surface area contributed by atoms with E-state index < -0.39 is 0 Å². The summed E-state index contributed by atoms with van der Waals surface area (Å²) in [4.78, 5) is 34.2. The first-order valence-electron chi connectivity index (χ1n) is 9.32. The molecule has 5 nitrogen and oxygen atoms in total. The van der Waals surface area contributed by atoms with Crippen molar-refractivity contribution in [1.82, 2.24) is 9.97 Å². The van der Waals surface area contributed by atoms with Crippen molar-refractivity contribution in [2.24, 2.45) is 0 Å². The minimum absolute atomic E-state index is 0.228. The van der Waals surface area contributed by atoms with Crippen molar-refractivity contribution in [3.8, 4) is 11.4 Å². The summed E-state index contributed by atoms with van der Waals surface area (Å²) in [5.41, 5.74) is 5.28. The number of nitrogens with zero attached hydrogens (tertiary/aromatic N) is 1. The van der Waals surface area contributed by atoms with E-state index in [0.29, 0.717) is 26.5 Å². The van der Waals surface area contributed by atoms with Gasteiger partial charge in [-0.25, -0.2) is 4.98 Å². The number of thiophene rings is 1. The quantitative estimate of drug-likeness (QED) is 0.497. The molecular formula is C23H21N3O2S. The van der Waals surface area contributed by atoms with Gasteiger partial charge in [0.25, 0.3) is 11.5 Å². The molecule has 0 atom stereocenters. The lowest BCUT2D eigenvalue weighted by molar-refractivity contribution is 0.103. The molecule has 2 heterocycles. The van der Waals surface area contributed by atoms with Crippen molar-refractivity contribution in [3.63, 3.8) is 0 Å². The molecule has 0 aliphatic rings. The van der Waals surface area contributed by atoms with Crippen molar-refractivity contribution in [1.29, 1.82) is 0 Å². The van der Waals surface area contributed by atoms with E-state index in [4.69, 9.17) is 0 Å². The zero-order chi connectivity index (χ0) is 20.7. The number of nitrogens with one attached hydrogen (secondary N) is 2. The molecule has 29 heavy (non-hydrogen) atoms. The molecule has 0 spiro atoms. The third-order valence-corrected chi connectivity index (χ3v) is 6.15. The van der Waals surface area contributed by atoms with Gasteiger partial charge in [0.05, 0.1) is 10.3 Å². The highest BCUT2D eigenvalue weighted by Crippen LogP contribution is 2.29. The van der Waals surface area contributed by atoms with Gasteiger partial charge in [0.2, 0.25) is 0 Å². The van der Waals surface area contributed by atoms with Crippen molar-refractivity contribution < 1.29 is 4.79 Å². The number of aromatic amines is 1. The first-order chi connectivity index (χ1) is 13.8. The van der Waals surface area contributed by atoms with Crippen LogP contribution in [0.1, 0.15) is 31.9 Å². The number of amides is 1. The Morgan fingerprint density at radius 1 is 1.00 bits per heavy atom. The lowest BCUT2D eigenvalue weighted by atomic mass is 10.1. The first kappa shape index (κ1) is 19.1. The molecule has 2 N–H and O–H groups in total. The van der Waals surface area contributed by atoms with Gasteiger partial charge in [0.15, 0.2) is 0 Å². The molecule has 0 aliphatic carbocycles. The molecule has 0 fully saturated rings. The van der Waals surface area contributed by atoms with Crippen LogP contribution in [0.2, 0.25) is 0 Å². The van der Waals surface area contributed by atoms with Crippen LogP contribution in [-0.4, -0.2) is 15.9 Å². The highest BCUT2D eigenvalue weighted by Gasteiger charge is 2.20. The lowest BCUT2D eigenvalue weighted by Gasteiger charge is -2.08. The van der Waals surface area contributed by atoms with Crippen LogP contribution in [-0.2, 0) is 0 Å². The molecule has 0 aliphatic heterocycles. The molecule has 4 aromatic rings. The van der Waals surface area contributed by atoms with E-state index in [-0.39, 0.29) is 11.5 Å². The molecule has 0 unspecified atom stereocenters. The van der Waals surface area contributed by atoms with Gasteiger partial charge in [-0.2, -0.15) is 0 Å². The number of hydrogen-bond donors (Lipinski definition) is 2. The molecule has 146 valence electrons. The number of anilines is 1. The summed E-state index contributed by atoms with van der Waals surface area (Å²) in [6.45, 7) is 7.77. The summed E-state index contributed by atoms with van der Waals surface area (Å²) in [7, 11) is 0. The second-order valence-electron chi connectivity index (χ2n) is 7.29. The number of rotatable bonds is 3. The van der Waals surface area contributed by atoms with Gasteiger partial charge >= 0.3 is 0 Å². The Balaban J connectivity index is 1.75. The zero-order valence-corrected chi connectivity index (χ0v) is 17.5. The van der Waals surface area contributed by atoms with Gasteiger partial charge in [-0.05, 0) is 44.9 Å². The second-order valence-corrected chi connectivity index (χ2v) is 8.29. The monoisotopic (exact) mass is 403 g/mol. The Bertz CT molecular complexity index is 1300. The van der Waals surface area contributed by atoms with Gasteiger partial charge < -0.3 is 10.3 Å². The van der Waals surface area contributed by atoms with Crippen LogP contribution < -0.4 is 10.9 Å². The largest absolute Gasteiger partial charge is 0.321 e. The van der Waals surface area contributed by atoms with E-state index in [1.165, 1.54) is 11.3 Å². The van der Waals surface area contributed by atoms with Crippen LogP contribution in [0.25, 0.3) is 21.6 Å². The maximum atomic E-state index is 12.9. The van der Waals surface area contributed by atoms with E-state index in [2.05, 4.69) is 15.3 Å². The number of fused-ring (bicyclic) bond motifs is 1. The van der Waals surface area contributed by atoms with E-state index in [0.717, 1.165) is 27.9 Å². The fourth-order valence-electron chi connectivity index (χ4n) is 3.34. The molecule has 6 heteroatoms. The zero-order valence-electron chi connectivity index (χ0n) is 16.7. The normalized spacial score (nSPS) is 11.0. The molecule has 2 aromatic carbocycles. The van der Waals surface area contributed by atoms with Crippen LogP contribution in [0.15, 0.2) is 47.3 Å². The van der Waals surface area contributed by atoms with Gasteiger partial charge in [-0.15, -0.1) is 11.3 Å². The number of H-pyrrole nitrogens is 1. The number of carbonyl (C=O) groups excluding carboxylic acids is 1. The minimum atomic E-state index is -0.232. The summed E-state index contributed by atoms with van der Waals surface area (Å²) in [5, 5.41) is 3.43. The van der Waals surface area contributed by atoms with E-state index in [9.17, 15) is 9.59 Å². The molecule has 0 saturated carbocycles. The van der Waals surface area contributed by atoms with Gasteiger partial charge in [-0.1, -0.05) is 47.5 Å². The number of aromatic nitrogens is 2. The summed E-state index contributed by atoms with van der Waals surface area (Å²) in [5.74, 6) is 0.277. The molecule has 0 radical (unpaired) electrons. The lowest BCUT2D eigenvalue weighted by Crippen LogP contribution is -2.13.